The van der Waals surface area contributed by atoms with Gasteiger partial charge in [-0.2, -0.15) is 18.2 Å². The zero-order valence-corrected chi connectivity index (χ0v) is 8.55. The van der Waals surface area contributed by atoms with E-state index >= 15 is 0 Å². The predicted octanol–water partition coefficient (Wildman–Crippen LogP) is 2.84. The zero-order valence-electron chi connectivity index (χ0n) is 7.44. The first-order chi connectivity index (χ1) is 6.30. The third kappa shape index (κ3) is 4.65. The van der Waals surface area contributed by atoms with Gasteiger partial charge in [-0.05, 0) is 12.2 Å². The maximum Gasteiger partial charge on any atom is 5.00 e. The molecule has 0 aliphatic heterocycles. The molecule has 1 aromatic rings. The van der Waals surface area contributed by atoms with Crippen molar-refractivity contribution in [2.75, 3.05) is 0 Å². The van der Waals surface area contributed by atoms with Gasteiger partial charge in [-0.25, -0.2) is 12.1 Å². The minimum absolute atomic E-state index is 0. The predicted molar refractivity (Wildman–Crippen MR) is 52.6 cm³/mol. The van der Waals surface area contributed by atoms with Gasteiger partial charge in [0, 0.05) is 0 Å². The van der Waals surface area contributed by atoms with Crippen molar-refractivity contribution in [3.8, 4) is 0 Å². The largest absolute Gasteiger partial charge is 5.00 e. The molecule has 0 saturated carbocycles. The third-order valence-electron chi connectivity index (χ3n) is 1.48. The summed E-state index contributed by atoms with van der Waals surface area (Å²) in [7, 11) is 0. The average molecular weight is 231 g/mol. The molecule has 0 saturated heterocycles. The number of aliphatic hydroxyl groups is 2. The summed E-state index contributed by atoms with van der Waals surface area (Å²) in [6.45, 7) is 0. The van der Waals surface area contributed by atoms with Gasteiger partial charge in [-0.3, -0.25) is 0 Å². The average Bonchev–Trinajstić information content (AvgIpc) is 2.82. The van der Waals surface area contributed by atoms with E-state index in [0.29, 0.717) is 5.57 Å². The van der Waals surface area contributed by atoms with Crippen molar-refractivity contribution in [3.63, 3.8) is 0 Å². The molecular weight excluding hydrogens is 220 g/mol. The van der Waals surface area contributed by atoms with Crippen LogP contribution < -0.4 is 0 Å². The Kier molecular flexibility index (Phi) is 6.46. The van der Waals surface area contributed by atoms with Gasteiger partial charge in [-0.15, -0.1) is 0 Å². The number of hydrogen-bond acceptors (Lipinski definition) is 2. The molecule has 2 nitrogen and oxygen atoms in total. The van der Waals surface area contributed by atoms with Gasteiger partial charge >= 0.3 is 17.1 Å². The summed E-state index contributed by atoms with van der Waals surface area (Å²) in [4.78, 5) is 0. The fourth-order valence-corrected chi connectivity index (χ4v) is 0.844. The normalized spacial score (nSPS) is 11.6. The van der Waals surface area contributed by atoms with E-state index in [9.17, 15) is 0 Å². The van der Waals surface area contributed by atoms with Crippen LogP contribution in [-0.4, -0.2) is 10.2 Å². The number of hydrogen-bond donors (Lipinski definition) is 2. The summed E-state index contributed by atoms with van der Waals surface area (Å²) < 4.78 is 0. The molecular formula is C11H11FeO2+4. The Balaban J connectivity index is 0.000000246. The molecule has 0 fully saturated rings. The molecule has 1 aliphatic carbocycles. The van der Waals surface area contributed by atoms with E-state index in [-0.39, 0.29) is 17.1 Å². The molecule has 2 rings (SSSR count). The fourth-order valence-electron chi connectivity index (χ4n) is 0.844. The summed E-state index contributed by atoms with van der Waals surface area (Å²) >= 11 is 0. The summed E-state index contributed by atoms with van der Waals surface area (Å²) in [6, 6.07) is 10.0. The minimum Gasteiger partial charge on any atom is -0.481 e. The standard InChI is InChI=1S/C6H6O2.C5H5.Fe/c7-6(8)5-3-1-2-4-5;1-2-4-5-3-1;/h1-4,7-8H;1-5H;/q;-1;+5. The van der Waals surface area contributed by atoms with E-state index in [1.165, 1.54) is 0 Å². The van der Waals surface area contributed by atoms with Crippen LogP contribution in [0.3, 0.4) is 0 Å². The second-order valence-corrected chi connectivity index (χ2v) is 2.46. The summed E-state index contributed by atoms with van der Waals surface area (Å²) in [5.41, 5.74) is 0.463. The Bertz CT molecular complexity index is 286. The second-order valence-electron chi connectivity index (χ2n) is 2.46. The zero-order chi connectivity index (χ0) is 9.52. The third-order valence-corrected chi connectivity index (χ3v) is 1.48. The Hall–Kier alpha value is -1.31. The van der Waals surface area contributed by atoms with Crippen LogP contribution in [0.15, 0.2) is 66.2 Å². The Morgan fingerprint density at radius 2 is 1.50 bits per heavy atom. The quantitative estimate of drug-likeness (QED) is 0.409. The van der Waals surface area contributed by atoms with Crippen molar-refractivity contribution in [2.45, 2.75) is 0 Å². The molecule has 0 aromatic heterocycles. The summed E-state index contributed by atoms with van der Waals surface area (Å²) in [6.07, 6.45) is 6.72. The van der Waals surface area contributed by atoms with E-state index in [1.807, 2.05) is 30.3 Å². The van der Waals surface area contributed by atoms with Gasteiger partial charge in [-0.1, -0.05) is 12.2 Å². The van der Waals surface area contributed by atoms with Crippen LogP contribution in [0.25, 0.3) is 0 Å². The minimum atomic E-state index is -0.616. The van der Waals surface area contributed by atoms with Crippen molar-refractivity contribution in [3.05, 3.63) is 66.2 Å². The van der Waals surface area contributed by atoms with Gasteiger partial charge in [0.1, 0.15) is 0 Å². The van der Waals surface area contributed by atoms with Crippen LogP contribution in [0.2, 0.25) is 0 Å². The first-order valence-corrected chi connectivity index (χ1v) is 3.94. The van der Waals surface area contributed by atoms with Crippen molar-refractivity contribution in [1.29, 1.82) is 0 Å². The molecule has 0 atom stereocenters. The SMILES string of the molecule is OC(O)=C1C=CC=C1.[Fe+5].c1cc[cH-]c1. The van der Waals surface area contributed by atoms with Crippen LogP contribution in [0.4, 0.5) is 0 Å². The van der Waals surface area contributed by atoms with Crippen molar-refractivity contribution in [2.24, 2.45) is 0 Å². The van der Waals surface area contributed by atoms with Crippen molar-refractivity contribution in [1.82, 2.24) is 0 Å². The number of aliphatic hydroxyl groups excluding tert-OH is 1. The molecule has 71 valence electrons. The van der Waals surface area contributed by atoms with Crippen LogP contribution in [-0.2, 0) is 17.1 Å². The molecule has 0 spiro atoms. The Morgan fingerprint density at radius 3 is 1.71 bits per heavy atom. The molecule has 0 bridgehead atoms. The smallest absolute Gasteiger partial charge is 0.481 e. The monoisotopic (exact) mass is 231 g/mol. The van der Waals surface area contributed by atoms with Crippen molar-refractivity contribution < 1.29 is 27.3 Å². The van der Waals surface area contributed by atoms with E-state index in [4.69, 9.17) is 10.2 Å². The molecule has 1 radical (unpaired) electrons. The molecule has 0 unspecified atom stereocenters. The van der Waals surface area contributed by atoms with Crippen LogP contribution >= 0.6 is 0 Å². The molecule has 14 heavy (non-hydrogen) atoms. The molecule has 0 heterocycles. The van der Waals surface area contributed by atoms with E-state index in [2.05, 4.69) is 0 Å². The van der Waals surface area contributed by atoms with Gasteiger partial charge in [0.25, 0.3) is 5.95 Å². The first kappa shape index (κ1) is 12.7. The second kappa shape index (κ2) is 7.13. The Morgan fingerprint density at radius 1 is 1.00 bits per heavy atom. The maximum atomic E-state index is 8.38. The molecule has 1 aliphatic rings. The van der Waals surface area contributed by atoms with Crippen LogP contribution in [0, 0.1) is 0 Å². The molecule has 3 heteroatoms. The van der Waals surface area contributed by atoms with Gasteiger partial charge in [0.15, 0.2) is 0 Å². The van der Waals surface area contributed by atoms with Gasteiger partial charge in [0.2, 0.25) is 0 Å². The maximum absolute atomic E-state index is 8.38. The molecule has 1 aromatic carbocycles. The number of allylic oxidation sites excluding steroid dienone is 5. The van der Waals surface area contributed by atoms with Crippen LogP contribution in [0.1, 0.15) is 0 Å². The van der Waals surface area contributed by atoms with Crippen LogP contribution in [0.5, 0.6) is 0 Å². The van der Waals surface area contributed by atoms with E-state index < -0.39 is 5.95 Å². The Labute approximate surface area is 93.7 Å². The summed E-state index contributed by atoms with van der Waals surface area (Å²) in [5, 5.41) is 16.8. The molecule has 0 amide bonds. The van der Waals surface area contributed by atoms with E-state index in [1.54, 1.807) is 24.3 Å². The number of rotatable bonds is 0. The summed E-state index contributed by atoms with van der Waals surface area (Å²) in [5.74, 6) is -0.616. The molecule has 2 N–H and O–H groups in total. The fraction of sp³-hybridized carbons (Fsp3) is 0. The van der Waals surface area contributed by atoms with Crippen molar-refractivity contribution >= 4 is 0 Å². The van der Waals surface area contributed by atoms with Gasteiger partial charge < -0.3 is 10.2 Å². The van der Waals surface area contributed by atoms with E-state index in [0.717, 1.165) is 0 Å². The first-order valence-electron chi connectivity index (χ1n) is 3.94. The van der Waals surface area contributed by atoms with Gasteiger partial charge in [0.05, 0.1) is 5.57 Å². The topological polar surface area (TPSA) is 40.5 Å².